The predicted molar refractivity (Wildman–Crippen MR) is 63.6 cm³/mol. The lowest BCUT2D eigenvalue weighted by Gasteiger charge is -2.32. The molecule has 0 saturated carbocycles. The standard InChI is InChI=1S/C9H12Cl3NO4/c10-9(11,12)5-17-8(16)13-4-2-1-3-6(13)7(14)15/h6H,1-5H2,(H,14,15)/t6-/m1/s1. The highest BCUT2D eigenvalue weighted by Gasteiger charge is 2.34. The van der Waals surface area contributed by atoms with Gasteiger partial charge in [-0.25, -0.2) is 9.59 Å². The van der Waals surface area contributed by atoms with Crippen LogP contribution in [0.15, 0.2) is 0 Å². The number of nitrogens with zero attached hydrogens (tertiary/aromatic N) is 1. The summed E-state index contributed by atoms with van der Waals surface area (Å²) in [4.78, 5) is 23.7. The maximum atomic E-state index is 11.6. The molecule has 0 aromatic rings. The number of likely N-dealkylation sites (tertiary alicyclic amines) is 1. The van der Waals surface area contributed by atoms with Crippen molar-refractivity contribution >= 4 is 46.9 Å². The van der Waals surface area contributed by atoms with Gasteiger partial charge in [0.05, 0.1) is 0 Å². The van der Waals surface area contributed by atoms with Crippen molar-refractivity contribution in [2.24, 2.45) is 0 Å². The Hall–Kier alpha value is -0.390. The summed E-state index contributed by atoms with van der Waals surface area (Å²) in [5, 5.41) is 8.96. The molecule has 0 spiro atoms. The Morgan fingerprint density at radius 2 is 2.00 bits per heavy atom. The SMILES string of the molecule is O=C(O)[C@H]1CCCCN1C(=O)OCC(Cl)(Cl)Cl. The van der Waals surface area contributed by atoms with E-state index in [-0.39, 0.29) is 0 Å². The molecule has 5 nitrogen and oxygen atoms in total. The molecule has 0 aromatic carbocycles. The Morgan fingerprint density at radius 1 is 1.35 bits per heavy atom. The molecule has 1 N–H and O–H groups in total. The van der Waals surface area contributed by atoms with Gasteiger partial charge >= 0.3 is 12.1 Å². The summed E-state index contributed by atoms with van der Waals surface area (Å²) in [6, 6.07) is -0.855. The third kappa shape index (κ3) is 4.77. The van der Waals surface area contributed by atoms with Gasteiger partial charge in [-0.2, -0.15) is 0 Å². The van der Waals surface area contributed by atoms with Gasteiger partial charge in [0.2, 0.25) is 3.79 Å². The third-order valence-electron chi connectivity index (χ3n) is 2.38. The lowest BCUT2D eigenvalue weighted by molar-refractivity contribution is -0.143. The Bertz CT molecular complexity index is 305. The van der Waals surface area contributed by atoms with Crippen molar-refractivity contribution in [3.05, 3.63) is 0 Å². The van der Waals surface area contributed by atoms with Gasteiger partial charge in [0.15, 0.2) is 0 Å². The number of amides is 1. The van der Waals surface area contributed by atoms with Crippen molar-refractivity contribution in [2.45, 2.75) is 29.1 Å². The maximum Gasteiger partial charge on any atom is 0.410 e. The Balaban J connectivity index is 2.56. The second-order valence-corrected chi connectivity index (χ2v) is 6.23. The van der Waals surface area contributed by atoms with E-state index in [2.05, 4.69) is 0 Å². The molecule has 0 aromatic heterocycles. The highest BCUT2D eigenvalue weighted by atomic mass is 35.6. The van der Waals surface area contributed by atoms with Crippen molar-refractivity contribution in [3.63, 3.8) is 0 Å². The second-order valence-electron chi connectivity index (χ2n) is 3.71. The van der Waals surface area contributed by atoms with Crippen LogP contribution in [0.4, 0.5) is 4.79 Å². The first kappa shape index (κ1) is 14.7. The van der Waals surface area contributed by atoms with Gasteiger partial charge in [0.25, 0.3) is 0 Å². The van der Waals surface area contributed by atoms with Crippen LogP contribution < -0.4 is 0 Å². The number of carbonyl (C=O) groups excluding carboxylic acids is 1. The fraction of sp³-hybridized carbons (Fsp3) is 0.778. The molecular formula is C9H12Cl3NO4. The van der Waals surface area contributed by atoms with Gasteiger partial charge in [0, 0.05) is 6.54 Å². The normalized spacial score (nSPS) is 21.1. The van der Waals surface area contributed by atoms with Crippen LogP contribution >= 0.6 is 34.8 Å². The van der Waals surface area contributed by atoms with E-state index < -0.39 is 28.5 Å². The highest BCUT2D eigenvalue weighted by molar-refractivity contribution is 6.67. The summed E-state index contributed by atoms with van der Waals surface area (Å²) in [7, 11) is 0. The zero-order valence-electron chi connectivity index (χ0n) is 8.87. The van der Waals surface area contributed by atoms with E-state index >= 15 is 0 Å². The molecule has 1 amide bonds. The van der Waals surface area contributed by atoms with Gasteiger partial charge in [-0.1, -0.05) is 34.8 Å². The van der Waals surface area contributed by atoms with Crippen LogP contribution in [-0.4, -0.2) is 45.1 Å². The average Bonchev–Trinajstić information content (AvgIpc) is 2.25. The number of hydrogen-bond acceptors (Lipinski definition) is 3. The van der Waals surface area contributed by atoms with Crippen LogP contribution in [0, 0.1) is 0 Å². The van der Waals surface area contributed by atoms with Gasteiger partial charge < -0.3 is 9.84 Å². The lowest BCUT2D eigenvalue weighted by atomic mass is 10.0. The fourth-order valence-corrected chi connectivity index (χ4v) is 1.80. The van der Waals surface area contributed by atoms with Gasteiger partial charge in [-0.15, -0.1) is 0 Å². The number of carbonyl (C=O) groups is 2. The summed E-state index contributed by atoms with van der Waals surface area (Å²) in [6.07, 6.45) is 1.17. The number of hydrogen-bond donors (Lipinski definition) is 1. The molecule has 0 unspecified atom stereocenters. The zero-order valence-corrected chi connectivity index (χ0v) is 11.1. The monoisotopic (exact) mass is 303 g/mol. The van der Waals surface area contributed by atoms with Crippen molar-refractivity contribution in [2.75, 3.05) is 13.2 Å². The smallest absolute Gasteiger partial charge is 0.410 e. The number of carboxylic acid groups (broad SMARTS) is 1. The Labute approximate surface area is 114 Å². The van der Waals surface area contributed by atoms with E-state index in [1.54, 1.807) is 0 Å². The molecule has 98 valence electrons. The first-order chi connectivity index (χ1) is 7.81. The summed E-state index contributed by atoms with van der Waals surface area (Å²) in [5.74, 6) is -1.05. The molecule has 1 fully saturated rings. The van der Waals surface area contributed by atoms with Gasteiger partial charge in [-0.3, -0.25) is 4.90 Å². The van der Waals surface area contributed by atoms with Crippen LogP contribution in [0.3, 0.4) is 0 Å². The number of rotatable bonds is 2. The quantitative estimate of drug-likeness (QED) is 0.796. The minimum atomic E-state index is -1.69. The first-order valence-corrected chi connectivity index (χ1v) is 6.17. The average molecular weight is 305 g/mol. The molecule has 1 rings (SSSR count). The van der Waals surface area contributed by atoms with Crippen LogP contribution in [0.2, 0.25) is 0 Å². The van der Waals surface area contributed by atoms with Gasteiger partial charge in [-0.05, 0) is 19.3 Å². The molecular weight excluding hydrogens is 292 g/mol. The molecule has 1 atom stereocenters. The van der Waals surface area contributed by atoms with Crippen molar-refractivity contribution < 1.29 is 19.4 Å². The number of aliphatic carboxylic acids is 1. The minimum absolute atomic E-state index is 0.343. The van der Waals surface area contributed by atoms with Crippen molar-refractivity contribution in [1.82, 2.24) is 4.90 Å². The van der Waals surface area contributed by atoms with Crippen molar-refractivity contribution in [1.29, 1.82) is 0 Å². The van der Waals surface area contributed by atoms with Crippen LogP contribution in [0.25, 0.3) is 0 Å². The maximum absolute atomic E-state index is 11.6. The van der Waals surface area contributed by atoms with E-state index in [1.807, 2.05) is 0 Å². The summed E-state index contributed by atoms with van der Waals surface area (Å²) >= 11 is 16.3. The zero-order chi connectivity index (χ0) is 13.1. The van der Waals surface area contributed by atoms with Crippen LogP contribution in [-0.2, 0) is 9.53 Å². The first-order valence-electron chi connectivity index (χ1n) is 5.04. The minimum Gasteiger partial charge on any atom is -0.480 e. The molecule has 1 aliphatic heterocycles. The van der Waals surface area contributed by atoms with Crippen molar-refractivity contribution in [3.8, 4) is 0 Å². The highest BCUT2D eigenvalue weighted by Crippen LogP contribution is 2.27. The van der Waals surface area contributed by atoms with Crippen LogP contribution in [0.5, 0.6) is 0 Å². The summed E-state index contributed by atoms with van der Waals surface area (Å²) in [6.45, 7) is -0.0605. The molecule has 1 heterocycles. The largest absolute Gasteiger partial charge is 0.480 e. The van der Waals surface area contributed by atoms with E-state index in [0.29, 0.717) is 13.0 Å². The molecule has 17 heavy (non-hydrogen) atoms. The summed E-state index contributed by atoms with van der Waals surface area (Å²) < 4.78 is 3.06. The third-order valence-corrected chi connectivity index (χ3v) is 2.71. The fourth-order valence-electron chi connectivity index (χ4n) is 1.63. The molecule has 8 heteroatoms. The second kappa shape index (κ2) is 5.98. The summed E-state index contributed by atoms with van der Waals surface area (Å²) in [5.41, 5.74) is 0. The molecule has 0 radical (unpaired) electrons. The molecule has 0 bridgehead atoms. The van der Waals surface area contributed by atoms with Gasteiger partial charge in [0.1, 0.15) is 12.6 Å². The Morgan fingerprint density at radius 3 is 2.53 bits per heavy atom. The lowest BCUT2D eigenvalue weighted by Crippen LogP contribution is -2.48. The number of ether oxygens (including phenoxy) is 1. The van der Waals surface area contributed by atoms with Crippen LogP contribution in [0.1, 0.15) is 19.3 Å². The number of carboxylic acids is 1. The number of halogens is 3. The van der Waals surface area contributed by atoms with E-state index in [9.17, 15) is 9.59 Å². The molecule has 1 saturated heterocycles. The van der Waals surface area contributed by atoms with E-state index in [4.69, 9.17) is 44.6 Å². The predicted octanol–water partition coefficient (Wildman–Crippen LogP) is 2.43. The number of alkyl halides is 3. The van der Waals surface area contributed by atoms with E-state index in [1.165, 1.54) is 0 Å². The Kier molecular flexibility index (Phi) is 5.16. The number of piperidine rings is 1. The topological polar surface area (TPSA) is 66.8 Å². The molecule has 1 aliphatic rings. The molecule has 0 aliphatic carbocycles. The van der Waals surface area contributed by atoms with E-state index in [0.717, 1.165) is 17.7 Å².